The van der Waals surface area contributed by atoms with E-state index in [4.69, 9.17) is 30.2 Å². The second-order valence-corrected chi connectivity index (χ2v) is 9.15. The predicted molar refractivity (Wildman–Crippen MR) is 141 cm³/mol. The van der Waals surface area contributed by atoms with Crippen molar-refractivity contribution in [3.05, 3.63) is 70.4 Å². The number of hydrogen-bond donors (Lipinski definition) is 0. The van der Waals surface area contributed by atoms with Crippen LogP contribution in [-0.4, -0.2) is 72.9 Å². The number of anilines is 1. The minimum absolute atomic E-state index is 0.0955. The van der Waals surface area contributed by atoms with Gasteiger partial charge in [-0.1, -0.05) is 29.8 Å². The van der Waals surface area contributed by atoms with Crippen molar-refractivity contribution < 1.29 is 33.0 Å². The number of aromatic nitrogens is 2. The van der Waals surface area contributed by atoms with Gasteiger partial charge in [0.25, 0.3) is 5.91 Å². The third-order valence-corrected chi connectivity index (χ3v) is 6.30. The average molecular weight is 557 g/mol. The van der Waals surface area contributed by atoms with Crippen molar-refractivity contribution in [2.75, 3.05) is 44.9 Å². The van der Waals surface area contributed by atoms with Gasteiger partial charge in [-0.25, -0.2) is 0 Å². The average Bonchev–Trinajstić information content (AvgIpc) is 3.32. The van der Waals surface area contributed by atoms with Crippen LogP contribution in [0.4, 0.5) is 5.69 Å². The molecule has 2 aromatic carbocycles. The summed E-state index contributed by atoms with van der Waals surface area (Å²) in [5, 5.41) is 8.24. The number of carbonyl (C=O) groups excluding carboxylic acids is 3. The van der Waals surface area contributed by atoms with Crippen molar-refractivity contribution in [1.82, 2.24) is 15.1 Å². The highest BCUT2D eigenvalue weighted by Crippen LogP contribution is 2.30. The number of para-hydroxylation sites is 1. The molecule has 1 aliphatic rings. The van der Waals surface area contributed by atoms with Gasteiger partial charge < -0.3 is 23.5 Å². The van der Waals surface area contributed by atoms with Gasteiger partial charge in [-0.2, -0.15) is 0 Å². The Bertz CT molecular complexity index is 1330. The second kappa shape index (κ2) is 13.2. The molecule has 3 aromatic rings. The summed E-state index contributed by atoms with van der Waals surface area (Å²) < 4.78 is 21.1. The fourth-order valence-electron chi connectivity index (χ4n) is 4.07. The number of benzene rings is 2. The molecule has 1 aliphatic heterocycles. The quantitative estimate of drug-likeness (QED) is 0.259. The highest BCUT2D eigenvalue weighted by Gasteiger charge is 2.30. The Morgan fingerprint density at radius 2 is 1.79 bits per heavy atom. The van der Waals surface area contributed by atoms with Crippen LogP contribution in [0.5, 0.6) is 5.75 Å². The highest BCUT2D eigenvalue weighted by molar-refractivity contribution is 6.34. The molecule has 39 heavy (non-hydrogen) atoms. The van der Waals surface area contributed by atoms with E-state index in [9.17, 15) is 14.4 Å². The Labute approximate surface area is 230 Å². The van der Waals surface area contributed by atoms with E-state index in [1.807, 2.05) is 24.3 Å². The van der Waals surface area contributed by atoms with E-state index in [0.717, 1.165) is 5.56 Å². The Hall–Kier alpha value is -3.96. The molecule has 0 fully saturated rings. The Morgan fingerprint density at radius 1 is 1.03 bits per heavy atom. The van der Waals surface area contributed by atoms with E-state index >= 15 is 0 Å². The molecule has 1 aromatic heterocycles. The van der Waals surface area contributed by atoms with Gasteiger partial charge in [0, 0.05) is 45.7 Å². The van der Waals surface area contributed by atoms with Crippen LogP contribution in [-0.2, 0) is 38.4 Å². The molecule has 2 heterocycles. The molecule has 11 nitrogen and oxygen atoms in total. The zero-order valence-corrected chi connectivity index (χ0v) is 22.5. The van der Waals surface area contributed by atoms with E-state index in [0.29, 0.717) is 55.8 Å². The third kappa shape index (κ3) is 7.33. The van der Waals surface area contributed by atoms with Crippen molar-refractivity contribution in [3.8, 4) is 5.75 Å². The van der Waals surface area contributed by atoms with Gasteiger partial charge in [-0.3, -0.25) is 19.3 Å². The minimum Gasteiger partial charge on any atom is -0.490 e. The Kier molecular flexibility index (Phi) is 9.50. The molecular weight excluding hydrogens is 528 g/mol. The number of hydrogen-bond acceptors (Lipinski definition) is 9. The van der Waals surface area contributed by atoms with E-state index in [-0.39, 0.29) is 36.3 Å². The Balaban J connectivity index is 1.46. The van der Waals surface area contributed by atoms with Crippen LogP contribution < -0.4 is 9.64 Å². The topological polar surface area (TPSA) is 124 Å². The summed E-state index contributed by atoms with van der Waals surface area (Å²) in [5.74, 6) is 0.308. The number of halogens is 1. The lowest BCUT2D eigenvalue weighted by molar-refractivity contribution is -0.141. The number of esters is 1. The van der Waals surface area contributed by atoms with Crippen LogP contribution in [0.2, 0.25) is 5.02 Å². The SMILES string of the molecule is COCCc1nnc(CCN2Cc3ccccc3N(C(=O)c3ccc(OCCOC(C)=O)cc3Cl)CC2=O)o1. The standard InChI is InChI=1S/C27H29ClN4O7/c1-18(33)37-13-14-38-20-7-8-21(22(28)15-20)27(35)32-17-26(34)31(16-19-5-3-4-6-23(19)32)11-9-24-29-30-25(39-24)10-12-36-2/h3-8,15H,9-14,16-17H2,1-2H3. The van der Waals surface area contributed by atoms with Gasteiger partial charge in [0.1, 0.15) is 25.5 Å². The normalized spacial score (nSPS) is 13.2. The third-order valence-electron chi connectivity index (χ3n) is 5.99. The van der Waals surface area contributed by atoms with Crippen LogP contribution >= 0.6 is 11.6 Å². The fraction of sp³-hybridized carbons (Fsp3) is 0.370. The molecular formula is C27H29ClN4O7. The molecule has 12 heteroatoms. The maximum absolute atomic E-state index is 13.6. The number of amides is 2. The first-order valence-electron chi connectivity index (χ1n) is 12.4. The second-order valence-electron chi connectivity index (χ2n) is 8.75. The van der Waals surface area contributed by atoms with Crippen molar-refractivity contribution >= 4 is 35.1 Å². The summed E-state index contributed by atoms with van der Waals surface area (Å²) >= 11 is 6.45. The first-order chi connectivity index (χ1) is 18.9. The smallest absolute Gasteiger partial charge is 0.302 e. The minimum atomic E-state index is -0.409. The summed E-state index contributed by atoms with van der Waals surface area (Å²) in [6.45, 7) is 2.55. The number of rotatable bonds is 11. The van der Waals surface area contributed by atoms with Crippen LogP contribution in [0.15, 0.2) is 46.9 Å². The number of nitrogens with zero attached hydrogens (tertiary/aromatic N) is 4. The summed E-state index contributed by atoms with van der Waals surface area (Å²) in [6.07, 6.45) is 0.896. The largest absolute Gasteiger partial charge is 0.490 e. The molecule has 0 bridgehead atoms. The maximum Gasteiger partial charge on any atom is 0.302 e. The molecule has 206 valence electrons. The van der Waals surface area contributed by atoms with E-state index in [1.165, 1.54) is 17.9 Å². The summed E-state index contributed by atoms with van der Waals surface area (Å²) in [4.78, 5) is 40.9. The fourth-order valence-corrected chi connectivity index (χ4v) is 4.32. The Morgan fingerprint density at radius 3 is 2.54 bits per heavy atom. The lowest BCUT2D eigenvalue weighted by Gasteiger charge is -2.23. The van der Waals surface area contributed by atoms with E-state index < -0.39 is 11.9 Å². The first kappa shape index (κ1) is 28.1. The van der Waals surface area contributed by atoms with Gasteiger partial charge in [0.15, 0.2) is 0 Å². The molecule has 0 saturated heterocycles. The van der Waals surface area contributed by atoms with Crippen LogP contribution in [0.25, 0.3) is 0 Å². The first-order valence-corrected chi connectivity index (χ1v) is 12.8. The molecule has 0 saturated carbocycles. The van der Waals surface area contributed by atoms with Crippen LogP contribution in [0, 0.1) is 0 Å². The molecule has 0 aliphatic carbocycles. The molecule has 0 radical (unpaired) electrons. The molecule has 4 rings (SSSR count). The van der Waals surface area contributed by atoms with Gasteiger partial charge in [-0.15, -0.1) is 10.2 Å². The predicted octanol–water partition coefficient (Wildman–Crippen LogP) is 3.09. The number of methoxy groups -OCH3 is 1. The molecule has 0 unspecified atom stereocenters. The van der Waals surface area contributed by atoms with Gasteiger partial charge in [0.2, 0.25) is 17.7 Å². The van der Waals surface area contributed by atoms with Crippen molar-refractivity contribution in [1.29, 1.82) is 0 Å². The van der Waals surface area contributed by atoms with Crippen molar-refractivity contribution in [2.45, 2.75) is 26.3 Å². The van der Waals surface area contributed by atoms with Crippen molar-refractivity contribution in [3.63, 3.8) is 0 Å². The lowest BCUT2D eigenvalue weighted by atomic mass is 10.1. The highest BCUT2D eigenvalue weighted by atomic mass is 35.5. The number of ether oxygens (including phenoxy) is 3. The number of carbonyl (C=O) groups is 3. The molecule has 0 N–H and O–H groups in total. The number of fused-ring (bicyclic) bond motifs is 1. The van der Waals surface area contributed by atoms with Gasteiger partial charge in [-0.05, 0) is 29.8 Å². The lowest BCUT2D eigenvalue weighted by Crippen LogP contribution is -2.41. The molecule has 0 spiro atoms. The summed E-state index contributed by atoms with van der Waals surface area (Å²) in [6, 6.07) is 12.1. The molecule has 2 amide bonds. The zero-order valence-electron chi connectivity index (χ0n) is 21.7. The zero-order chi connectivity index (χ0) is 27.8. The molecule has 0 atom stereocenters. The van der Waals surface area contributed by atoms with Crippen LogP contribution in [0.1, 0.15) is 34.6 Å². The van der Waals surface area contributed by atoms with E-state index in [2.05, 4.69) is 10.2 Å². The van der Waals surface area contributed by atoms with Crippen LogP contribution in [0.3, 0.4) is 0 Å². The maximum atomic E-state index is 13.6. The summed E-state index contributed by atoms with van der Waals surface area (Å²) in [5.41, 5.74) is 1.69. The van der Waals surface area contributed by atoms with Gasteiger partial charge >= 0.3 is 5.97 Å². The van der Waals surface area contributed by atoms with E-state index in [1.54, 1.807) is 24.1 Å². The van der Waals surface area contributed by atoms with Crippen molar-refractivity contribution in [2.24, 2.45) is 0 Å². The summed E-state index contributed by atoms with van der Waals surface area (Å²) in [7, 11) is 1.60. The van der Waals surface area contributed by atoms with Gasteiger partial charge in [0.05, 0.1) is 17.2 Å². The monoisotopic (exact) mass is 556 g/mol.